The summed E-state index contributed by atoms with van der Waals surface area (Å²) in [6.07, 6.45) is 2.09. The number of amides is 1. The van der Waals surface area contributed by atoms with Gasteiger partial charge in [-0.1, -0.05) is 24.3 Å². The summed E-state index contributed by atoms with van der Waals surface area (Å²) in [5.41, 5.74) is 1.87. The number of rotatable bonds is 5. The van der Waals surface area contributed by atoms with Gasteiger partial charge in [0.05, 0.1) is 17.6 Å². The highest BCUT2D eigenvalue weighted by Crippen LogP contribution is 2.19. The molecule has 1 amide bonds. The van der Waals surface area contributed by atoms with E-state index in [2.05, 4.69) is 5.32 Å². The maximum Gasteiger partial charge on any atom is 0.317 e. The predicted molar refractivity (Wildman–Crippen MR) is 104 cm³/mol. The first-order chi connectivity index (χ1) is 13.1. The molecule has 3 aromatic rings. The van der Waals surface area contributed by atoms with Crippen molar-refractivity contribution in [1.82, 2.24) is 14.5 Å². The molecule has 6 nitrogen and oxygen atoms in total. The second-order valence-electron chi connectivity index (χ2n) is 6.87. The van der Waals surface area contributed by atoms with Crippen LogP contribution < -0.4 is 16.4 Å². The first-order valence-electron chi connectivity index (χ1n) is 9.20. The van der Waals surface area contributed by atoms with E-state index in [-0.39, 0.29) is 12.5 Å². The van der Waals surface area contributed by atoms with Crippen LogP contribution in [0.4, 0.5) is 0 Å². The fourth-order valence-electron chi connectivity index (χ4n) is 3.28. The van der Waals surface area contributed by atoms with Crippen molar-refractivity contribution < 1.29 is 4.79 Å². The Bertz CT molecular complexity index is 1120. The highest BCUT2D eigenvalue weighted by Gasteiger charge is 2.23. The molecule has 0 atom stereocenters. The summed E-state index contributed by atoms with van der Waals surface area (Å²) in [6, 6.07) is 14.9. The van der Waals surface area contributed by atoms with Crippen LogP contribution in [-0.2, 0) is 13.1 Å². The first-order valence-corrected chi connectivity index (χ1v) is 9.20. The topological polar surface area (TPSA) is 73.1 Å². The van der Waals surface area contributed by atoms with Gasteiger partial charge in [0.2, 0.25) is 0 Å². The molecular weight excluding hydrogens is 342 g/mol. The molecule has 6 heteroatoms. The van der Waals surface area contributed by atoms with Gasteiger partial charge in [-0.2, -0.15) is 0 Å². The van der Waals surface area contributed by atoms with E-state index in [1.807, 2.05) is 43.3 Å². The molecule has 1 aliphatic carbocycles. The minimum absolute atomic E-state index is 0.0720. The molecule has 0 aliphatic heterocycles. The molecule has 0 radical (unpaired) electrons. The van der Waals surface area contributed by atoms with Crippen LogP contribution in [0, 0.1) is 0 Å². The molecule has 1 heterocycles. The zero-order valence-electron chi connectivity index (χ0n) is 15.1. The van der Waals surface area contributed by atoms with Gasteiger partial charge in [0, 0.05) is 18.2 Å². The minimum Gasteiger partial charge on any atom is -0.349 e. The maximum absolute atomic E-state index is 12.6. The quantitative estimate of drug-likeness (QED) is 0.706. The van der Waals surface area contributed by atoms with Crippen molar-refractivity contribution in [2.75, 3.05) is 0 Å². The zero-order chi connectivity index (χ0) is 19.0. The van der Waals surface area contributed by atoms with E-state index in [4.69, 9.17) is 0 Å². The van der Waals surface area contributed by atoms with Crippen LogP contribution in [0.1, 0.15) is 35.7 Å². The molecule has 27 heavy (non-hydrogen) atoms. The second-order valence-corrected chi connectivity index (χ2v) is 6.87. The lowest BCUT2D eigenvalue weighted by molar-refractivity contribution is 0.0951. The fourth-order valence-corrected chi connectivity index (χ4v) is 3.28. The van der Waals surface area contributed by atoms with E-state index < -0.39 is 11.1 Å². The molecule has 1 N–H and O–H groups in total. The minimum atomic E-state index is -0.536. The number of aryl methyl sites for hydroxylation is 1. The first kappa shape index (κ1) is 17.3. The number of nitrogens with one attached hydrogen (secondary N) is 1. The molecule has 1 fully saturated rings. The van der Waals surface area contributed by atoms with Crippen molar-refractivity contribution in [3.05, 3.63) is 80.4 Å². The monoisotopic (exact) mass is 363 g/mol. The molecule has 0 spiro atoms. The zero-order valence-corrected chi connectivity index (χ0v) is 15.1. The summed E-state index contributed by atoms with van der Waals surface area (Å²) in [5, 5.41) is 2.95. The van der Waals surface area contributed by atoms with Crippen LogP contribution in [0.25, 0.3) is 11.0 Å². The normalized spacial score (nSPS) is 13.7. The SMILES string of the molecule is CCn1c(=O)c(=O)n(Cc2ccc(C(=O)NC3CC3)cc2)c2ccccc21. The summed E-state index contributed by atoms with van der Waals surface area (Å²) in [6.45, 7) is 2.58. The third kappa shape index (κ3) is 3.30. The molecule has 4 rings (SSSR count). The molecule has 0 unspecified atom stereocenters. The second kappa shape index (κ2) is 6.87. The third-order valence-corrected chi connectivity index (χ3v) is 4.92. The Kier molecular flexibility index (Phi) is 4.39. The van der Waals surface area contributed by atoms with E-state index >= 15 is 0 Å². The van der Waals surface area contributed by atoms with E-state index in [1.165, 1.54) is 9.13 Å². The Morgan fingerprint density at radius 3 is 2.15 bits per heavy atom. The van der Waals surface area contributed by atoms with Crippen molar-refractivity contribution in [1.29, 1.82) is 0 Å². The van der Waals surface area contributed by atoms with E-state index in [9.17, 15) is 14.4 Å². The van der Waals surface area contributed by atoms with Crippen molar-refractivity contribution in [3.8, 4) is 0 Å². The third-order valence-electron chi connectivity index (χ3n) is 4.92. The van der Waals surface area contributed by atoms with Gasteiger partial charge < -0.3 is 9.88 Å². The summed E-state index contributed by atoms with van der Waals surface area (Å²) in [4.78, 5) is 37.2. The summed E-state index contributed by atoms with van der Waals surface area (Å²) in [7, 11) is 0. The van der Waals surface area contributed by atoms with Crippen LogP contribution in [0.15, 0.2) is 58.1 Å². The van der Waals surface area contributed by atoms with Crippen molar-refractivity contribution in [2.24, 2.45) is 0 Å². The Hall–Kier alpha value is -3.15. The fraction of sp³-hybridized carbons (Fsp3) is 0.286. The summed E-state index contributed by atoms with van der Waals surface area (Å²) < 4.78 is 3.00. The van der Waals surface area contributed by atoms with Gasteiger partial charge in [-0.15, -0.1) is 0 Å². The number of carbonyl (C=O) groups excluding carboxylic acids is 1. The van der Waals surface area contributed by atoms with Crippen molar-refractivity contribution >= 4 is 16.9 Å². The van der Waals surface area contributed by atoms with E-state index in [0.717, 1.165) is 29.4 Å². The average Bonchev–Trinajstić information content (AvgIpc) is 3.50. The molecule has 1 saturated carbocycles. The standard InChI is InChI=1S/C21H21N3O3/c1-2-23-17-5-3-4-6-18(17)24(21(27)20(23)26)13-14-7-9-15(10-8-14)19(25)22-16-11-12-16/h3-10,16H,2,11-13H2,1H3,(H,22,25). The van der Waals surface area contributed by atoms with Gasteiger partial charge in [0.1, 0.15) is 0 Å². The van der Waals surface area contributed by atoms with Gasteiger partial charge in [0.15, 0.2) is 0 Å². The lowest BCUT2D eigenvalue weighted by atomic mass is 10.1. The molecule has 0 bridgehead atoms. The molecule has 1 aliphatic rings. The smallest absolute Gasteiger partial charge is 0.317 e. The summed E-state index contributed by atoms with van der Waals surface area (Å²) >= 11 is 0. The van der Waals surface area contributed by atoms with Crippen LogP contribution in [0.5, 0.6) is 0 Å². The van der Waals surface area contributed by atoms with Crippen LogP contribution in [0.2, 0.25) is 0 Å². The van der Waals surface area contributed by atoms with E-state index in [0.29, 0.717) is 18.2 Å². The Balaban J connectivity index is 1.69. The van der Waals surface area contributed by atoms with Crippen LogP contribution >= 0.6 is 0 Å². The lowest BCUT2D eigenvalue weighted by Crippen LogP contribution is -2.41. The molecule has 2 aromatic carbocycles. The number of fused-ring (bicyclic) bond motifs is 1. The predicted octanol–water partition coefficient (Wildman–Crippen LogP) is 2.12. The van der Waals surface area contributed by atoms with Gasteiger partial charge in [-0.25, -0.2) is 0 Å². The Morgan fingerprint density at radius 1 is 0.963 bits per heavy atom. The highest BCUT2D eigenvalue weighted by atomic mass is 16.2. The molecule has 1 aromatic heterocycles. The van der Waals surface area contributed by atoms with E-state index in [1.54, 1.807) is 12.1 Å². The van der Waals surface area contributed by atoms with Gasteiger partial charge in [0.25, 0.3) is 5.91 Å². The van der Waals surface area contributed by atoms with Crippen molar-refractivity contribution in [3.63, 3.8) is 0 Å². The van der Waals surface area contributed by atoms with Gasteiger partial charge >= 0.3 is 11.1 Å². The number of benzene rings is 2. The van der Waals surface area contributed by atoms with Gasteiger partial charge in [-0.05, 0) is 49.6 Å². The van der Waals surface area contributed by atoms with Crippen LogP contribution in [-0.4, -0.2) is 21.1 Å². The average molecular weight is 363 g/mol. The van der Waals surface area contributed by atoms with Crippen molar-refractivity contribution in [2.45, 2.75) is 38.9 Å². The summed E-state index contributed by atoms with van der Waals surface area (Å²) in [5.74, 6) is -0.0720. The molecule has 138 valence electrons. The number of aromatic nitrogens is 2. The van der Waals surface area contributed by atoms with Crippen LogP contribution in [0.3, 0.4) is 0 Å². The molecule has 0 saturated heterocycles. The largest absolute Gasteiger partial charge is 0.349 e. The number of carbonyl (C=O) groups is 1. The number of nitrogens with zero attached hydrogens (tertiary/aromatic N) is 2. The number of hydrogen-bond acceptors (Lipinski definition) is 3. The van der Waals surface area contributed by atoms with Gasteiger partial charge in [-0.3, -0.25) is 19.0 Å². The highest BCUT2D eigenvalue weighted by molar-refractivity contribution is 5.94. The molecular formula is C21H21N3O3. The Labute approximate surface area is 156 Å². The number of para-hydroxylation sites is 2. The maximum atomic E-state index is 12.6. The Morgan fingerprint density at radius 2 is 1.56 bits per heavy atom. The lowest BCUT2D eigenvalue weighted by Gasteiger charge is -2.14. The number of hydrogen-bond donors (Lipinski definition) is 1.